The molecule has 0 atom stereocenters. The van der Waals surface area contributed by atoms with Crippen molar-refractivity contribution in [2.45, 2.75) is 30.2 Å². The second-order valence-corrected chi connectivity index (χ2v) is 8.98. The lowest BCUT2D eigenvalue weighted by atomic mass is 10.1. The fourth-order valence-electron chi connectivity index (χ4n) is 2.42. The van der Waals surface area contributed by atoms with Gasteiger partial charge in [0.15, 0.2) is 0 Å². The van der Waals surface area contributed by atoms with Crippen molar-refractivity contribution in [1.29, 1.82) is 0 Å². The minimum absolute atomic E-state index is 0.120. The predicted molar refractivity (Wildman–Crippen MR) is 102 cm³/mol. The SMILES string of the molecule is O=S(=O)(NCCCNCc1ccc(Br)cc1)c1cc(C(F)(F)F)cc(C(F)(F)F)c1. The van der Waals surface area contributed by atoms with Crippen LogP contribution in [0.15, 0.2) is 51.8 Å². The molecule has 0 aliphatic heterocycles. The van der Waals surface area contributed by atoms with E-state index in [1.807, 2.05) is 29.0 Å². The molecule has 0 spiro atoms. The average Bonchev–Trinajstić information content (AvgIpc) is 2.64. The van der Waals surface area contributed by atoms with Crippen molar-refractivity contribution in [3.8, 4) is 0 Å². The van der Waals surface area contributed by atoms with Crippen molar-refractivity contribution in [1.82, 2.24) is 10.0 Å². The van der Waals surface area contributed by atoms with E-state index in [1.54, 1.807) is 0 Å². The van der Waals surface area contributed by atoms with Gasteiger partial charge in [-0.25, -0.2) is 13.1 Å². The van der Waals surface area contributed by atoms with Gasteiger partial charge in [-0.15, -0.1) is 0 Å². The highest BCUT2D eigenvalue weighted by Crippen LogP contribution is 2.37. The van der Waals surface area contributed by atoms with Crippen molar-refractivity contribution >= 4 is 26.0 Å². The smallest absolute Gasteiger partial charge is 0.313 e. The molecule has 0 aliphatic rings. The Labute approximate surface area is 177 Å². The molecule has 0 aromatic heterocycles. The van der Waals surface area contributed by atoms with E-state index in [1.165, 1.54) is 0 Å². The topological polar surface area (TPSA) is 58.2 Å². The quantitative estimate of drug-likeness (QED) is 0.384. The molecule has 0 amide bonds. The largest absolute Gasteiger partial charge is 0.416 e. The van der Waals surface area contributed by atoms with Crippen LogP contribution in [0.25, 0.3) is 0 Å². The molecule has 0 heterocycles. The van der Waals surface area contributed by atoms with Gasteiger partial charge in [-0.2, -0.15) is 26.3 Å². The lowest BCUT2D eigenvalue weighted by molar-refractivity contribution is -0.143. The van der Waals surface area contributed by atoms with Crippen LogP contribution in [0.1, 0.15) is 23.1 Å². The number of hydrogen-bond acceptors (Lipinski definition) is 3. The lowest BCUT2D eigenvalue weighted by Gasteiger charge is -2.15. The summed E-state index contributed by atoms with van der Waals surface area (Å²) in [5.74, 6) is 0. The first-order valence-electron chi connectivity index (χ1n) is 8.53. The van der Waals surface area contributed by atoms with Gasteiger partial charge in [0.05, 0.1) is 16.0 Å². The van der Waals surface area contributed by atoms with Crippen LogP contribution in [0.4, 0.5) is 26.3 Å². The first-order chi connectivity index (χ1) is 13.8. The minimum atomic E-state index is -5.12. The highest BCUT2D eigenvalue weighted by atomic mass is 79.9. The van der Waals surface area contributed by atoms with Gasteiger partial charge < -0.3 is 5.32 Å². The van der Waals surface area contributed by atoms with Crippen LogP contribution in [0, 0.1) is 0 Å². The van der Waals surface area contributed by atoms with Gasteiger partial charge in [0.1, 0.15) is 0 Å². The van der Waals surface area contributed by atoms with Crippen molar-refractivity contribution in [2.75, 3.05) is 13.1 Å². The first kappa shape index (κ1) is 24.6. The van der Waals surface area contributed by atoms with Crippen LogP contribution in [0.2, 0.25) is 0 Å². The van der Waals surface area contributed by atoms with E-state index in [2.05, 4.69) is 21.2 Å². The number of hydrogen-bond donors (Lipinski definition) is 2. The molecule has 30 heavy (non-hydrogen) atoms. The Morgan fingerprint density at radius 3 is 1.87 bits per heavy atom. The maximum atomic E-state index is 12.9. The molecule has 2 N–H and O–H groups in total. The van der Waals surface area contributed by atoms with Crippen molar-refractivity contribution in [3.05, 3.63) is 63.6 Å². The zero-order chi connectivity index (χ0) is 22.6. The maximum Gasteiger partial charge on any atom is 0.416 e. The number of alkyl halides is 6. The highest BCUT2D eigenvalue weighted by Gasteiger charge is 2.38. The van der Waals surface area contributed by atoms with Gasteiger partial charge in [-0.1, -0.05) is 28.1 Å². The third kappa shape index (κ3) is 7.25. The summed E-state index contributed by atoms with van der Waals surface area (Å²) in [6.07, 6.45) is -9.97. The van der Waals surface area contributed by atoms with E-state index in [9.17, 15) is 34.8 Å². The molecule has 0 radical (unpaired) electrons. The molecular weight excluding hydrogens is 502 g/mol. The Hall–Kier alpha value is -1.63. The fourth-order valence-corrected chi connectivity index (χ4v) is 3.83. The average molecular weight is 519 g/mol. The van der Waals surface area contributed by atoms with Crippen molar-refractivity contribution < 1.29 is 34.8 Å². The van der Waals surface area contributed by atoms with E-state index in [0.717, 1.165) is 10.0 Å². The molecule has 0 fully saturated rings. The standard InChI is InChI=1S/C18H17BrF6N2O2S/c19-15-4-2-12(3-5-15)11-26-6-1-7-27-30(28,29)16-9-13(17(20,21)22)8-14(10-16)18(23,24)25/h2-5,8-10,26-27H,1,6-7,11H2. The van der Waals surface area contributed by atoms with E-state index < -0.39 is 38.4 Å². The molecule has 12 heteroatoms. The van der Waals surface area contributed by atoms with Gasteiger partial charge in [0.2, 0.25) is 10.0 Å². The number of rotatable bonds is 8. The van der Waals surface area contributed by atoms with Gasteiger partial charge in [0, 0.05) is 17.6 Å². The summed E-state index contributed by atoms with van der Waals surface area (Å²) in [5.41, 5.74) is -2.38. The summed E-state index contributed by atoms with van der Waals surface area (Å²) in [5, 5.41) is 3.06. The first-order valence-corrected chi connectivity index (χ1v) is 10.8. The number of halogens is 7. The minimum Gasteiger partial charge on any atom is -0.313 e. The molecule has 2 aromatic rings. The molecule has 0 saturated carbocycles. The molecule has 0 saturated heterocycles. The van der Waals surface area contributed by atoms with Gasteiger partial charge >= 0.3 is 12.4 Å². The summed E-state index contributed by atoms with van der Waals surface area (Å²) in [7, 11) is -4.55. The molecule has 4 nitrogen and oxygen atoms in total. The normalized spacial score (nSPS) is 12.9. The summed E-state index contributed by atoms with van der Waals surface area (Å²) in [4.78, 5) is -1.09. The van der Waals surface area contributed by atoms with Crippen LogP contribution in [0.5, 0.6) is 0 Å². The Balaban J connectivity index is 1.98. The van der Waals surface area contributed by atoms with Crippen molar-refractivity contribution in [2.24, 2.45) is 0 Å². The monoisotopic (exact) mass is 518 g/mol. The Morgan fingerprint density at radius 2 is 1.37 bits per heavy atom. The molecule has 2 aromatic carbocycles. The summed E-state index contributed by atoms with van der Waals surface area (Å²) in [6, 6.07) is 7.72. The predicted octanol–water partition coefficient (Wildman–Crippen LogP) is 4.94. The number of sulfonamides is 1. The summed E-state index contributed by atoms with van der Waals surface area (Å²) < 4.78 is 105. The molecule has 0 aliphatic carbocycles. The second kappa shape index (κ2) is 9.67. The Bertz CT molecular complexity index is 928. The van der Waals surface area contributed by atoms with Gasteiger partial charge in [-0.3, -0.25) is 0 Å². The maximum absolute atomic E-state index is 12.9. The van der Waals surface area contributed by atoms with E-state index >= 15 is 0 Å². The number of benzene rings is 2. The fraction of sp³-hybridized carbons (Fsp3) is 0.333. The summed E-state index contributed by atoms with van der Waals surface area (Å²) >= 11 is 3.31. The third-order valence-electron chi connectivity index (χ3n) is 3.94. The molecule has 0 unspecified atom stereocenters. The van der Waals surface area contributed by atoms with Crippen LogP contribution in [-0.2, 0) is 28.9 Å². The second-order valence-electron chi connectivity index (χ2n) is 6.30. The lowest BCUT2D eigenvalue weighted by Crippen LogP contribution is -2.28. The summed E-state index contributed by atoms with van der Waals surface area (Å²) in [6.45, 7) is 0.741. The van der Waals surface area contributed by atoms with E-state index in [4.69, 9.17) is 0 Å². The van der Waals surface area contributed by atoms with Crippen molar-refractivity contribution in [3.63, 3.8) is 0 Å². The molecule has 2 rings (SSSR count). The zero-order valence-electron chi connectivity index (χ0n) is 15.2. The highest BCUT2D eigenvalue weighted by molar-refractivity contribution is 9.10. The Kier molecular flexibility index (Phi) is 7.94. The molecule has 0 bridgehead atoms. The van der Waals surface area contributed by atoms with Crippen LogP contribution < -0.4 is 10.0 Å². The Morgan fingerprint density at radius 1 is 0.833 bits per heavy atom. The van der Waals surface area contributed by atoms with Crippen LogP contribution in [-0.4, -0.2) is 21.5 Å². The van der Waals surface area contributed by atoms with Gasteiger partial charge in [-0.05, 0) is 48.9 Å². The zero-order valence-corrected chi connectivity index (χ0v) is 17.6. The van der Waals surface area contributed by atoms with E-state index in [-0.39, 0.29) is 31.2 Å². The molecule has 166 valence electrons. The third-order valence-corrected chi connectivity index (χ3v) is 5.91. The van der Waals surface area contributed by atoms with Crippen LogP contribution in [0.3, 0.4) is 0 Å². The van der Waals surface area contributed by atoms with Crippen LogP contribution >= 0.6 is 15.9 Å². The van der Waals surface area contributed by atoms with Gasteiger partial charge in [0.25, 0.3) is 0 Å². The molecular formula is C18H17BrF6N2O2S. The van der Waals surface area contributed by atoms with E-state index in [0.29, 0.717) is 13.1 Å². The number of nitrogens with one attached hydrogen (secondary N) is 2.